The van der Waals surface area contributed by atoms with Gasteiger partial charge < -0.3 is 0 Å². The summed E-state index contributed by atoms with van der Waals surface area (Å²) >= 11 is 1.59. The second kappa shape index (κ2) is 6.10. The minimum Gasteiger partial charge on any atom is -0.293 e. The molecule has 0 aliphatic carbocycles. The zero-order chi connectivity index (χ0) is 14.7. The maximum Gasteiger partial charge on any atom is 0.175 e. The summed E-state index contributed by atoms with van der Waals surface area (Å²) in [6.07, 6.45) is 1.80. The maximum absolute atomic E-state index is 12.4. The largest absolute Gasteiger partial charge is 0.293 e. The van der Waals surface area contributed by atoms with Gasteiger partial charge in [-0.05, 0) is 19.1 Å². The summed E-state index contributed by atoms with van der Waals surface area (Å²) < 4.78 is 0. The fourth-order valence-electron chi connectivity index (χ4n) is 2.25. The SMILES string of the molecule is CC(Sc1ccnc2ccccc12)C(=O)c1ccccc1. The van der Waals surface area contributed by atoms with E-state index in [2.05, 4.69) is 4.98 Å². The fraction of sp³-hybridized carbons (Fsp3) is 0.111. The van der Waals surface area contributed by atoms with E-state index in [0.717, 1.165) is 21.4 Å². The third kappa shape index (κ3) is 2.98. The van der Waals surface area contributed by atoms with Gasteiger partial charge in [-0.2, -0.15) is 0 Å². The summed E-state index contributed by atoms with van der Waals surface area (Å²) in [6, 6.07) is 19.4. The van der Waals surface area contributed by atoms with Crippen molar-refractivity contribution in [3.05, 3.63) is 72.4 Å². The molecular weight excluding hydrogens is 278 g/mol. The Morgan fingerprint density at radius 1 is 1.00 bits per heavy atom. The zero-order valence-electron chi connectivity index (χ0n) is 11.7. The van der Waals surface area contributed by atoms with E-state index in [-0.39, 0.29) is 11.0 Å². The Bertz CT molecular complexity index is 765. The molecule has 0 N–H and O–H groups in total. The monoisotopic (exact) mass is 293 g/mol. The van der Waals surface area contributed by atoms with E-state index in [1.54, 1.807) is 18.0 Å². The van der Waals surface area contributed by atoms with Crippen molar-refractivity contribution >= 4 is 28.4 Å². The second-order valence-electron chi connectivity index (χ2n) is 4.82. The molecule has 0 aliphatic heterocycles. The van der Waals surface area contributed by atoms with Crippen LogP contribution in [0.4, 0.5) is 0 Å². The molecule has 0 bridgehead atoms. The molecule has 0 aliphatic rings. The van der Waals surface area contributed by atoms with Crippen LogP contribution in [-0.4, -0.2) is 16.0 Å². The Kier molecular flexibility index (Phi) is 4.02. The van der Waals surface area contributed by atoms with Crippen molar-refractivity contribution in [2.24, 2.45) is 0 Å². The first-order chi connectivity index (χ1) is 10.3. The number of nitrogens with zero attached hydrogens (tertiary/aromatic N) is 1. The highest BCUT2D eigenvalue weighted by Gasteiger charge is 2.17. The Hall–Kier alpha value is -2.13. The lowest BCUT2D eigenvalue weighted by molar-refractivity contribution is 0.0994. The average Bonchev–Trinajstić information content (AvgIpc) is 2.55. The lowest BCUT2D eigenvalue weighted by Crippen LogP contribution is -2.13. The van der Waals surface area contributed by atoms with Crippen LogP contribution in [-0.2, 0) is 0 Å². The number of hydrogen-bond donors (Lipinski definition) is 0. The molecule has 0 amide bonds. The standard InChI is InChI=1S/C18H15NOS/c1-13(18(20)14-7-3-2-4-8-14)21-17-11-12-19-16-10-6-5-9-15(16)17/h2-13H,1H3. The normalized spacial score (nSPS) is 12.2. The van der Waals surface area contributed by atoms with Crippen LogP contribution in [0.3, 0.4) is 0 Å². The van der Waals surface area contributed by atoms with Crippen LogP contribution >= 0.6 is 11.8 Å². The molecule has 2 aromatic carbocycles. The van der Waals surface area contributed by atoms with Gasteiger partial charge in [-0.3, -0.25) is 9.78 Å². The van der Waals surface area contributed by atoms with Gasteiger partial charge in [0.2, 0.25) is 0 Å². The first-order valence-electron chi connectivity index (χ1n) is 6.85. The van der Waals surface area contributed by atoms with Gasteiger partial charge in [0.05, 0.1) is 10.8 Å². The number of rotatable bonds is 4. The quantitative estimate of drug-likeness (QED) is 0.520. The number of thioether (sulfide) groups is 1. The lowest BCUT2D eigenvalue weighted by Gasteiger charge is -2.12. The summed E-state index contributed by atoms with van der Waals surface area (Å²) in [5, 5.41) is 0.968. The van der Waals surface area contributed by atoms with Gasteiger partial charge in [-0.25, -0.2) is 0 Å². The second-order valence-corrected chi connectivity index (χ2v) is 6.20. The number of aromatic nitrogens is 1. The Morgan fingerprint density at radius 3 is 2.52 bits per heavy atom. The van der Waals surface area contributed by atoms with E-state index in [1.165, 1.54) is 0 Å². The maximum atomic E-state index is 12.4. The van der Waals surface area contributed by atoms with Crippen molar-refractivity contribution in [1.82, 2.24) is 4.98 Å². The van der Waals surface area contributed by atoms with Gasteiger partial charge in [-0.15, -0.1) is 11.8 Å². The van der Waals surface area contributed by atoms with Crippen molar-refractivity contribution in [2.75, 3.05) is 0 Å². The molecule has 1 unspecified atom stereocenters. The molecule has 0 saturated carbocycles. The smallest absolute Gasteiger partial charge is 0.175 e. The van der Waals surface area contributed by atoms with Gasteiger partial charge in [0.1, 0.15) is 0 Å². The molecule has 21 heavy (non-hydrogen) atoms. The highest BCUT2D eigenvalue weighted by atomic mass is 32.2. The summed E-state index contributed by atoms with van der Waals surface area (Å²) in [5.74, 6) is 0.154. The van der Waals surface area contributed by atoms with Gasteiger partial charge in [0, 0.05) is 22.0 Å². The number of Topliss-reactive ketones (excluding diaryl/α,β-unsaturated/α-hetero) is 1. The molecule has 0 fully saturated rings. The molecule has 1 aromatic heterocycles. The van der Waals surface area contributed by atoms with E-state index in [0.29, 0.717) is 0 Å². The summed E-state index contributed by atoms with van der Waals surface area (Å²) in [4.78, 5) is 17.9. The third-order valence-electron chi connectivity index (χ3n) is 3.34. The predicted molar refractivity (Wildman–Crippen MR) is 87.8 cm³/mol. The Labute approximate surface area is 128 Å². The lowest BCUT2D eigenvalue weighted by atomic mass is 10.1. The average molecular weight is 293 g/mol. The third-order valence-corrected chi connectivity index (χ3v) is 4.52. The molecule has 2 nitrogen and oxygen atoms in total. The van der Waals surface area contributed by atoms with Crippen LogP contribution in [0.25, 0.3) is 10.9 Å². The van der Waals surface area contributed by atoms with Crippen molar-refractivity contribution in [1.29, 1.82) is 0 Å². The Morgan fingerprint density at radius 2 is 1.71 bits per heavy atom. The molecule has 3 aromatic rings. The summed E-state index contributed by atoms with van der Waals surface area (Å²) in [5.41, 5.74) is 1.72. The molecule has 1 atom stereocenters. The van der Waals surface area contributed by atoms with Crippen molar-refractivity contribution in [3.63, 3.8) is 0 Å². The van der Waals surface area contributed by atoms with Crippen LogP contribution in [0.2, 0.25) is 0 Å². The highest BCUT2D eigenvalue weighted by molar-refractivity contribution is 8.00. The number of fused-ring (bicyclic) bond motifs is 1. The fourth-order valence-corrected chi connectivity index (χ4v) is 3.32. The predicted octanol–water partition coefficient (Wildman–Crippen LogP) is 4.60. The molecular formula is C18H15NOS. The number of para-hydroxylation sites is 1. The minimum absolute atomic E-state index is 0.127. The number of ketones is 1. The zero-order valence-corrected chi connectivity index (χ0v) is 12.5. The minimum atomic E-state index is -0.127. The molecule has 1 heterocycles. The number of carbonyl (C=O) groups excluding carboxylic acids is 1. The topological polar surface area (TPSA) is 30.0 Å². The van der Waals surface area contributed by atoms with Gasteiger partial charge in [-0.1, -0.05) is 48.5 Å². The van der Waals surface area contributed by atoms with E-state index >= 15 is 0 Å². The summed E-state index contributed by atoms with van der Waals surface area (Å²) in [7, 11) is 0. The van der Waals surface area contributed by atoms with Crippen molar-refractivity contribution in [2.45, 2.75) is 17.1 Å². The first kappa shape index (κ1) is 13.8. The molecule has 3 rings (SSSR count). The van der Waals surface area contributed by atoms with Gasteiger partial charge >= 0.3 is 0 Å². The van der Waals surface area contributed by atoms with Crippen LogP contribution in [0, 0.1) is 0 Å². The van der Waals surface area contributed by atoms with Crippen LogP contribution in [0.5, 0.6) is 0 Å². The first-order valence-corrected chi connectivity index (χ1v) is 7.73. The van der Waals surface area contributed by atoms with E-state index in [1.807, 2.05) is 67.6 Å². The number of hydrogen-bond acceptors (Lipinski definition) is 3. The summed E-state index contributed by atoms with van der Waals surface area (Å²) in [6.45, 7) is 1.95. The Balaban J connectivity index is 1.87. The van der Waals surface area contributed by atoms with E-state index in [9.17, 15) is 4.79 Å². The number of pyridine rings is 1. The van der Waals surface area contributed by atoms with E-state index < -0.39 is 0 Å². The van der Waals surface area contributed by atoms with Crippen molar-refractivity contribution in [3.8, 4) is 0 Å². The van der Waals surface area contributed by atoms with Crippen LogP contribution in [0.1, 0.15) is 17.3 Å². The van der Waals surface area contributed by atoms with Gasteiger partial charge in [0.15, 0.2) is 5.78 Å². The molecule has 0 radical (unpaired) electrons. The molecule has 104 valence electrons. The van der Waals surface area contributed by atoms with Gasteiger partial charge in [0.25, 0.3) is 0 Å². The molecule has 0 saturated heterocycles. The number of carbonyl (C=O) groups is 1. The van der Waals surface area contributed by atoms with Crippen LogP contribution < -0.4 is 0 Å². The molecule has 0 spiro atoms. The van der Waals surface area contributed by atoms with E-state index in [4.69, 9.17) is 0 Å². The number of benzene rings is 2. The van der Waals surface area contributed by atoms with Crippen molar-refractivity contribution < 1.29 is 4.79 Å². The van der Waals surface area contributed by atoms with Crippen LogP contribution in [0.15, 0.2) is 71.8 Å². The molecule has 3 heteroatoms. The highest BCUT2D eigenvalue weighted by Crippen LogP contribution is 2.31.